The van der Waals surface area contributed by atoms with Crippen molar-refractivity contribution in [3.8, 4) is 0 Å². The summed E-state index contributed by atoms with van der Waals surface area (Å²) in [5.74, 6) is 3.57. The smallest absolute Gasteiger partial charge is 0.221 e. The van der Waals surface area contributed by atoms with Crippen LogP contribution >= 0.6 is 0 Å². The van der Waals surface area contributed by atoms with Gasteiger partial charge in [0.2, 0.25) is 5.91 Å². The van der Waals surface area contributed by atoms with Crippen molar-refractivity contribution in [1.82, 2.24) is 19.1 Å². The summed E-state index contributed by atoms with van der Waals surface area (Å²) < 4.78 is 15.8. The minimum Gasteiger partial charge on any atom is -0.399 e. The summed E-state index contributed by atoms with van der Waals surface area (Å²) in [4.78, 5) is 21.2. The Morgan fingerprint density at radius 1 is 0.787 bits per heavy atom. The fourth-order valence-corrected chi connectivity index (χ4v) is 6.65. The van der Waals surface area contributed by atoms with Gasteiger partial charge in [-0.25, -0.2) is 9.97 Å². The molecule has 9 heteroatoms. The number of carbonyl (C=O) groups is 1. The highest BCUT2D eigenvalue weighted by Crippen LogP contribution is 2.34. The Balaban J connectivity index is 0.000000186. The zero-order valence-corrected chi connectivity index (χ0v) is 29.7. The standard InChI is InChI=1S/C20H29N3O2.C18H27N3O/c1-5-20(3,4)19-22-17-12-16(21-14(2)24)6-7-18(17)23(19)13-15-8-10-25-11-9-15;1-4-18(2,3)17-20-15-11-14(19)5-6-16(15)21(17)12-13-7-9-22-10-8-13/h6-7,12,15H,5,8-11,13H2,1-4H3,(H,21,24);5-6,11,13H,4,7-10,12,19H2,1-3H3. The molecular formula is C38H56N6O3. The van der Waals surface area contributed by atoms with E-state index in [9.17, 15) is 4.79 Å². The SMILES string of the molecule is CCC(C)(C)c1nc2cc(N)ccc2n1CC1CCOCC1.CCC(C)(C)c1nc2cc(NC(C)=O)ccc2n1CC1CCOCC1. The Morgan fingerprint density at radius 2 is 1.23 bits per heavy atom. The molecule has 0 aliphatic carbocycles. The summed E-state index contributed by atoms with van der Waals surface area (Å²) in [5, 5.41) is 2.86. The summed E-state index contributed by atoms with van der Waals surface area (Å²) in [5.41, 5.74) is 11.9. The lowest BCUT2D eigenvalue weighted by atomic mass is 9.89. The fourth-order valence-electron chi connectivity index (χ4n) is 6.65. The van der Waals surface area contributed by atoms with E-state index in [-0.39, 0.29) is 16.7 Å². The highest BCUT2D eigenvalue weighted by molar-refractivity contribution is 5.91. The predicted molar refractivity (Wildman–Crippen MR) is 192 cm³/mol. The number of nitrogens with two attached hydrogens (primary N) is 1. The molecule has 6 rings (SSSR count). The number of rotatable bonds is 9. The molecule has 0 unspecified atom stereocenters. The van der Waals surface area contributed by atoms with Crippen LogP contribution in [0.25, 0.3) is 22.1 Å². The maximum atomic E-state index is 11.3. The Bertz CT molecular complexity index is 1660. The molecule has 2 aromatic heterocycles. The number of benzene rings is 2. The quantitative estimate of drug-likeness (QED) is 0.180. The molecule has 1 amide bonds. The Labute approximate surface area is 280 Å². The lowest BCUT2D eigenvalue weighted by Crippen LogP contribution is -2.26. The minimum absolute atomic E-state index is 0.0123. The number of imidazole rings is 2. The van der Waals surface area contributed by atoms with Gasteiger partial charge in [-0.15, -0.1) is 0 Å². The molecule has 2 aliphatic rings. The number of anilines is 2. The van der Waals surface area contributed by atoms with Gasteiger partial charge in [-0.05, 0) is 86.8 Å². The van der Waals surface area contributed by atoms with Crippen molar-refractivity contribution < 1.29 is 14.3 Å². The average molecular weight is 645 g/mol. The molecule has 2 aliphatic heterocycles. The Kier molecular flexibility index (Phi) is 11.0. The zero-order valence-electron chi connectivity index (χ0n) is 29.7. The van der Waals surface area contributed by atoms with Gasteiger partial charge in [0.05, 0.1) is 22.1 Å². The molecule has 47 heavy (non-hydrogen) atoms. The van der Waals surface area contributed by atoms with E-state index in [1.165, 1.54) is 18.3 Å². The van der Waals surface area contributed by atoms with E-state index in [0.29, 0.717) is 11.8 Å². The third-order valence-corrected chi connectivity index (χ3v) is 10.4. The molecule has 0 radical (unpaired) electrons. The molecule has 0 atom stereocenters. The number of amides is 1. The van der Waals surface area contributed by atoms with Crippen molar-refractivity contribution in [3.05, 3.63) is 48.0 Å². The summed E-state index contributed by atoms with van der Waals surface area (Å²) in [6.07, 6.45) is 6.59. The molecule has 256 valence electrons. The molecule has 2 saturated heterocycles. The van der Waals surface area contributed by atoms with Gasteiger partial charge in [-0.1, -0.05) is 41.5 Å². The number of hydrogen-bond donors (Lipinski definition) is 2. The van der Waals surface area contributed by atoms with Gasteiger partial charge in [0.1, 0.15) is 11.6 Å². The van der Waals surface area contributed by atoms with Gasteiger partial charge in [0, 0.05) is 68.6 Å². The van der Waals surface area contributed by atoms with Crippen molar-refractivity contribution in [2.24, 2.45) is 11.8 Å². The first-order chi connectivity index (χ1) is 22.4. The van der Waals surface area contributed by atoms with Crippen LogP contribution in [0.4, 0.5) is 11.4 Å². The summed E-state index contributed by atoms with van der Waals surface area (Å²) in [7, 11) is 0. The van der Waals surface area contributed by atoms with Crippen molar-refractivity contribution in [2.75, 3.05) is 37.5 Å². The highest BCUT2D eigenvalue weighted by atomic mass is 16.5. The Hall–Kier alpha value is -3.43. The molecule has 2 aromatic carbocycles. The number of nitrogens with one attached hydrogen (secondary N) is 1. The second kappa shape index (κ2) is 14.8. The van der Waals surface area contributed by atoms with E-state index >= 15 is 0 Å². The maximum Gasteiger partial charge on any atom is 0.221 e. The molecule has 0 bridgehead atoms. The maximum absolute atomic E-state index is 11.3. The van der Waals surface area contributed by atoms with Gasteiger partial charge < -0.3 is 29.7 Å². The third-order valence-electron chi connectivity index (χ3n) is 10.4. The van der Waals surface area contributed by atoms with Crippen LogP contribution in [0, 0.1) is 11.8 Å². The predicted octanol–water partition coefficient (Wildman–Crippen LogP) is 7.84. The van der Waals surface area contributed by atoms with Crippen LogP contribution in [-0.2, 0) is 38.2 Å². The van der Waals surface area contributed by atoms with E-state index in [0.717, 1.165) is 112 Å². The number of carbonyl (C=O) groups excluding carboxylic acids is 1. The van der Waals surface area contributed by atoms with Crippen LogP contribution in [-0.4, -0.2) is 51.4 Å². The van der Waals surface area contributed by atoms with E-state index in [4.69, 9.17) is 25.2 Å². The van der Waals surface area contributed by atoms with Crippen LogP contribution in [0.3, 0.4) is 0 Å². The first kappa shape index (κ1) is 34.9. The van der Waals surface area contributed by atoms with Gasteiger partial charge in [-0.3, -0.25) is 4.79 Å². The Morgan fingerprint density at radius 3 is 1.68 bits per heavy atom. The lowest BCUT2D eigenvalue weighted by molar-refractivity contribution is -0.114. The topological polar surface area (TPSA) is 109 Å². The van der Waals surface area contributed by atoms with E-state index in [2.05, 4.69) is 68.1 Å². The summed E-state index contributed by atoms with van der Waals surface area (Å²) >= 11 is 0. The monoisotopic (exact) mass is 644 g/mol. The lowest BCUT2D eigenvalue weighted by Gasteiger charge is -2.28. The first-order valence-electron chi connectivity index (χ1n) is 17.6. The molecule has 3 N–H and O–H groups in total. The second-order valence-corrected chi connectivity index (χ2v) is 14.8. The number of aromatic nitrogens is 4. The molecular weight excluding hydrogens is 588 g/mol. The number of fused-ring (bicyclic) bond motifs is 2. The molecule has 0 spiro atoms. The van der Waals surface area contributed by atoms with E-state index < -0.39 is 0 Å². The van der Waals surface area contributed by atoms with Crippen LogP contribution < -0.4 is 11.1 Å². The van der Waals surface area contributed by atoms with E-state index in [1.807, 2.05) is 24.3 Å². The largest absolute Gasteiger partial charge is 0.399 e. The molecule has 2 fully saturated rings. The normalized spacial score (nSPS) is 16.7. The van der Waals surface area contributed by atoms with Crippen molar-refractivity contribution >= 4 is 39.3 Å². The average Bonchev–Trinajstić information content (AvgIpc) is 3.60. The van der Waals surface area contributed by atoms with E-state index in [1.54, 1.807) is 0 Å². The number of hydrogen-bond acceptors (Lipinski definition) is 6. The minimum atomic E-state index is -0.0601. The van der Waals surface area contributed by atoms with Gasteiger partial charge in [0.15, 0.2) is 0 Å². The van der Waals surface area contributed by atoms with Crippen LogP contribution in [0.1, 0.15) is 98.6 Å². The number of ether oxygens (including phenoxy) is 2. The molecule has 0 saturated carbocycles. The first-order valence-corrected chi connectivity index (χ1v) is 17.6. The summed E-state index contributed by atoms with van der Waals surface area (Å²) in [6, 6.07) is 12.1. The van der Waals surface area contributed by atoms with Gasteiger partial charge >= 0.3 is 0 Å². The van der Waals surface area contributed by atoms with Crippen molar-refractivity contribution in [2.45, 2.75) is 111 Å². The van der Waals surface area contributed by atoms with Crippen molar-refractivity contribution in [1.29, 1.82) is 0 Å². The van der Waals surface area contributed by atoms with Crippen molar-refractivity contribution in [3.63, 3.8) is 0 Å². The third kappa shape index (κ3) is 8.18. The number of nitrogen functional groups attached to an aromatic ring is 1. The number of nitrogens with zero attached hydrogens (tertiary/aromatic N) is 4. The molecule has 4 aromatic rings. The molecule has 9 nitrogen and oxygen atoms in total. The highest BCUT2D eigenvalue weighted by Gasteiger charge is 2.29. The van der Waals surface area contributed by atoms with Crippen LogP contribution in [0.2, 0.25) is 0 Å². The molecule has 4 heterocycles. The summed E-state index contributed by atoms with van der Waals surface area (Å²) in [6.45, 7) is 20.5. The van der Waals surface area contributed by atoms with Crippen LogP contribution in [0.5, 0.6) is 0 Å². The fraction of sp³-hybridized carbons (Fsp3) is 0.605. The van der Waals surface area contributed by atoms with Crippen LogP contribution in [0.15, 0.2) is 36.4 Å². The zero-order chi connectivity index (χ0) is 33.8. The van der Waals surface area contributed by atoms with Gasteiger partial charge in [-0.2, -0.15) is 0 Å². The second-order valence-electron chi connectivity index (χ2n) is 14.8. The van der Waals surface area contributed by atoms with Gasteiger partial charge in [0.25, 0.3) is 0 Å².